The third-order valence-corrected chi connectivity index (χ3v) is 3.34. The number of carbonyl (C=O) groups is 1. The highest BCUT2D eigenvalue weighted by atomic mass is 19.3. The van der Waals surface area contributed by atoms with Crippen molar-refractivity contribution in [2.45, 2.75) is 38.5 Å². The molecule has 1 aliphatic carbocycles. The summed E-state index contributed by atoms with van der Waals surface area (Å²) < 4.78 is 39.7. The molecule has 0 heterocycles. The highest BCUT2D eigenvalue weighted by Gasteiger charge is 2.39. The van der Waals surface area contributed by atoms with Gasteiger partial charge in [0.05, 0.1) is 0 Å². The second-order valence-corrected chi connectivity index (χ2v) is 5.03. The molecule has 98 valence electrons. The van der Waals surface area contributed by atoms with E-state index in [0.717, 1.165) is 6.07 Å². The molecule has 1 aromatic carbocycles. The summed E-state index contributed by atoms with van der Waals surface area (Å²) in [5.41, 5.74) is 0.830. The Labute approximate surface area is 104 Å². The van der Waals surface area contributed by atoms with Gasteiger partial charge in [-0.2, -0.15) is 0 Å². The Hall–Kier alpha value is -1.32. The minimum Gasteiger partial charge on any atom is -0.294 e. The molecule has 1 aromatic rings. The largest absolute Gasteiger partial charge is 0.294 e. The van der Waals surface area contributed by atoms with Crippen molar-refractivity contribution in [3.63, 3.8) is 0 Å². The van der Waals surface area contributed by atoms with Crippen molar-refractivity contribution in [2.24, 2.45) is 5.92 Å². The van der Waals surface area contributed by atoms with Gasteiger partial charge >= 0.3 is 0 Å². The van der Waals surface area contributed by atoms with Crippen LogP contribution in [0.15, 0.2) is 18.2 Å². The van der Waals surface area contributed by atoms with Crippen molar-refractivity contribution in [1.82, 2.24) is 0 Å². The molecule has 18 heavy (non-hydrogen) atoms. The van der Waals surface area contributed by atoms with Crippen molar-refractivity contribution in [3.8, 4) is 0 Å². The fourth-order valence-electron chi connectivity index (χ4n) is 2.51. The van der Waals surface area contributed by atoms with Gasteiger partial charge in [-0.15, -0.1) is 0 Å². The molecule has 0 amide bonds. The molecule has 1 unspecified atom stereocenters. The van der Waals surface area contributed by atoms with Crippen LogP contribution in [0.3, 0.4) is 0 Å². The maximum Gasteiger partial charge on any atom is 0.248 e. The first kappa shape index (κ1) is 13.1. The lowest BCUT2D eigenvalue weighted by molar-refractivity contribution is -0.0477. The lowest BCUT2D eigenvalue weighted by Crippen LogP contribution is -2.30. The van der Waals surface area contributed by atoms with Crippen molar-refractivity contribution >= 4 is 5.78 Å². The molecule has 0 radical (unpaired) electrons. The monoisotopic (exact) mass is 256 g/mol. The zero-order valence-electron chi connectivity index (χ0n) is 10.2. The number of alkyl halides is 2. The Bertz CT molecular complexity index is 448. The van der Waals surface area contributed by atoms with Crippen LogP contribution in [0.5, 0.6) is 0 Å². The first-order valence-corrected chi connectivity index (χ1v) is 6.07. The Morgan fingerprint density at radius 3 is 2.67 bits per heavy atom. The molecule has 2 rings (SSSR count). The molecular weight excluding hydrogens is 241 g/mol. The molecule has 1 aliphatic rings. The molecule has 4 heteroatoms. The predicted octanol–water partition coefficient (Wildman–Crippen LogP) is 4.14. The second-order valence-electron chi connectivity index (χ2n) is 5.03. The summed E-state index contributed by atoms with van der Waals surface area (Å²) in [6.45, 7) is 1.68. The Kier molecular flexibility index (Phi) is 3.46. The highest BCUT2D eigenvalue weighted by Crippen LogP contribution is 2.38. The third kappa shape index (κ3) is 2.92. The summed E-state index contributed by atoms with van der Waals surface area (Å²) >= 11 is 0. The quantitative estimate of drug-likeness (QED) is 0.727. The van der Waals surface area contributed by atoms with Gasteiger partial charge < -0.3 is 0 Å². The predicted molar refractivity (Wildman–Crippen MR) is 62.4 cm³/mol. The van der Waals surface area contributed by atoms with E-state index in [1.165, 1.54) is 6.07 Å². The number of carbonyl (C=O) groups excluding carboxylic acids is 1. The van der Waals surface area contributed by atoms with E-state index in [2.05, 4.69) is 0 Å². The fraction of sp³-hybridized carbons (Fsp3) is 0.500. The number of hydrogen-bond donors (Lipinski definition) is 0. The average molecular weight is 256 g/mol. The van der Waals surface area contributed by atoms with E-state index in [4.69, 9.17) is 0 Å². The lowest BCUT2D eigenvalue weighted by Gasteiger charge is -2.27. The molecule has 0 saturated heterocycles. The van der Waals surface area contributed by atoms with E-state index in [1.54, 1.807) is 13.0 Å². The molecule has 0 bridgehead atoms. The zero-order valence-corrected chi connectivity index (χ0v) is 10.2. The summed E-state index contributed by atoms with van der Waals surface area (Å²) in [6, 6.07) is 3.99. The van der Waals surface area contributed by atoms with E-state index in [9.17, 15) is 18.0 Å². The van der Waals surface area contributed by atoms with E-state index in [0.29, 0.717) is 18.4 Å². The van der Waals surface area contributed by atoms with Gasteiger partial charge in [0.1, 0.15) is 5.82 Å². The van der Waals surface area contributed by atoms with E-state index in [-0.39, 0.29) is 17.8 Å². The maximum atomic E-state index is 13.3. The summed E-state index contributed by atoms with van der Waals surface area (Å²) in [4.78, 5) is 12.1. The number of hydrogen-bond acceptors (Lipinski definition) is 1. The number of benzene rings is 1. The van der Waals surface area contributed by atoms with Gasteiger partial charge in [0, 0.05) is 24.3 Å². The van der Waals surface area contributed by atoms with E-state index in [1.807, 2.05) is 0 Å². The summed E-state index contributed by atoms with van der Waals surface area (Å²) in [7, 11) is 0. The number of Topliss-reactive ketones (excluding diaryl/α,β-unsaturated/α-hetero) is 1. The summed E-state index contributed by atoms with van der Waals surface area (Å²) in [6.07, 6.45) is 0.238. The number of rotatable bonds is 2. The molecule has 0 aliphatic heterocycles. The second kappa shape index (κ2) is 4.75. The van der Waals surface area contributed by atoms with Crippen molar-refractivity contribution in [2.75, 3.05) is 0 Å². The molecule has 1 fully saturated rings. The van der Waals surface area contributed by atoms with Gasteiger partial charge in [0.2, 0.25) is 5.92 Å². The summed E-state index contributed by atoms with van der Waals surface area (Å²) in [5, 5.41) is 0. The zero-order chi connectivity index (χ0) is 13.3. The van der Waals surface area contributed by atoms with Gasteiger partial charge in [-0.25, -0.2) is 13.2 Å². The normalized spacial score (nSPS) is 22.8. The van der Waals surface area contributed by atoms with Crippen LogP contribution < -0.4 is 0 Å². The van der Waals surface area contributed by atoms with Gasteiger partial charge in [-0.3, -0.25) is 4.79 Å². The van der Waals surface area contributed by atoms with Crippen LogP contribution in [0.1, 0.15) is 41.6 Å². The van der Waals surface area contributed by atoms with Crippen LogP contribution in [-0.2, 0) is 0 Å². The van der Waals surface area contributed by atoms with Crippen LogP contribution >= 0.6 is 0 Å². The fourth-order valence-corrected chi connectivity index (χ4v) is 2.51. The number of ketones is 1. The Morgan fingerprint density at radius 2 is 2.06 bits per heavy atom. The number of halogens is 3. The molecule has 1 nitrogen and oxygen atoms in total. The third-order valence-electron chi connectivity index (χ3n) is 3.34. The van der Waals surface area contributed by atoms with Crippen molar-refractivity contribution in [3.05, 3.63) is 35.1 Å². The smallest absolute Gasteiger partial charge is 0.248 e. The first-order chi connectivity index (χ1) is 8.37. The van der Waals surface area contributed by atoms with Gasteiger partial charge in [-0.05, 0) is 43.5 Å². The maximum absolute atomic E-state index is 13.3. The Morgan fingerprint density at radius 1 is 1.33 bits per heavy atom. The van der Waals surface area contributed by atoms with Crippen LogP contribution in [-0.4, -0.2) is 11.7 Å². The van der Waals surface area contributed by atoms with E-state index < -0.39 is 24.1 Å². The summed E-state index contributed by atoms with van der Waals surface area (Å²) in [5.74, 6) is -4.31. The average Bonchev–Trinajstić information content (AvgIpc) is 2.25. The molecule has 1 atom stereocenters. The minimum absolute atomic E-state index is 0.154. The van der Waals surface area contributed by atoms with Crippen molar-refractivity contribution in [1.29, 1.82) is 0 Å². The first-order valence-electron chi connectivity index (χ1n) is 6.07. The van der Waals surface area contributed by atoms with Crippen LogP contribution in [0.4, 0.5) is 13.2 Å². The highest BCUT2D eigenvalue weighted by molar-refractivity contribution is 5.98. The van der Waals surface area contributed by atoms with Crippen molar-refractivity contribution < 1.29 is 18.0 Å². The Balaban J connectivity index is 2.20. The molecule has 0 N–H and O–H groups in total. The molecule has 1 saturated carbocycles. The van der Waals surface area contributed by atoms with Crippen LogP contribution in [0.25, 0.3) is 0 Å². The van der Waals surface area contributed by atoms with Crippen LogP contribution in [0.2, 0.25) is 0 Å². The minimum atomic E-state index is -2.76. The molecule has 0 aromatic heterocycles. The molecule has 0 spiro atoms. The topological polar surface area (TPSA) is 17.1 Å². The van der Waals surface area contributed by atoms with Gasteiger partial charge in [0.25, 0.3) is 0 Å². The van der Waals surface area contributed by atoms with Crippen LogP contribution in [0, 0.1) is 18.7 Å². The van der Waals surface area contributed by atoms with Gasteiger partial charge in [-0.1, -0.05) is 0 Å². The standard InChI is InChI=1S/C14H15F3O/c1-9-5-11(7-12(15)6-9)13(18)10-3-2-4-14(16,17)8-10/h5-7,10H,2-4,8H2,1H3. The van der Waals surface area contributed by atoms with E-state index >= 15 is 0 Å². The molecular formula is C14H15F3O. The SMILES string of the molecule is Cc1cc(F)cc(C(=O)C2CCCC(F)(F)C2)c1. The number of aryl methyl sites for hydroxylation is 1. The van der Waals surface area contributed by atoms with Gasteiger partial charge in [0.15, 0.2) is 5.78 Å². The lowest BCUT2D eigenvalue weighted by atomic mass is 9.81.